The van der Waals surface area contributed by atoms with E-state index in [0.29, 0.717) is 47.6 Å². The summed E-state index contributed by atoms with van der Waals surface area (Å²) >= 11 is 0. The number of quaternary nitrogens is 1. The molecule has 6 N–H and O–H groups in total. The summed E-state index contributed by atoms with van der Waals surface area (Å²) < 4.78 is 23.1. The van der Waals surface area contributed by atoms with Gasteiger partial charge in [0.15, 0.2) is 23.1 Å². The second kappa shape index (κ2) is 14.5. The number of fused-ring (bicyclic) bond motifs is 1. The van der Waals surface area contributed by atoms with Crippen LogP contribution in [0.15, 0.2) is 53.0 Å². The molecule has 1 aliphatic heterocycles. The first-order valence-electron chi connectivity index (χ1n) is 13.8. The molecule has 41 heavy (non-hydrogen) atoms. The van der Waals surface area contributed by atoms with Crippen LogP contribution in [0.5, 0.6) is 5.75 Å². The van der Waals surface area contributed by atoms with E-state index in [1.54, 1.807) is 31.4 Å². The van der Waals surface area contributed by atoms with Gasteiger partial charge in [-0.15, -0.1) is 0 Å². The molecule has 0 saturated heterocycles. The lowest BCUT2D eigenvalue weighted by atomic mass is 9.87. The standard InChI is InChI=1S/C31H43N3O7/c1-8-12-33-26-21-13-17(2)14-25(39-7)27(36)19(4)15-20(5)28(41-31(32)37)24(38-6)11-9-10-18(3)30-34-22(16-23(26)35)29(21)40-30/h8-11,15-17,19,24-25,27-28,33,35-36H,1,12-14H2,2-7H3,(H2,32,37)/p+1/b11-9?,18-10+,20-15+/t17-,19+,24+,25+,27-,28+/m1/s1. The number of aliphatic hydroxyl groups is 1. The van der Waals surface area contributed by atoms with Gasteiger partial charge >= 0.3 is 6.09 Å². The number of rotatable bonds is 6. The highest BCUT2D eigenvalue weighted by Crippen LogP contribution is 2.36. The lowest BCUT2D eigenvalue weighted by Gasteiger charge is -2.29. The predicted molar refractivity (Wildman–Crippen MR) is 158 cm³/mol. The summed E-state index contributed by atoms with van der Waals surface area (Å²) in [6.45, 7) is 12.0. The van der Waals surface area contributed by atoms with E-state index in [1.807, 2.05) is 38.2 Å². The molecule has 6 atom stereocenters. The van der Waals surface area contributed by atoms with Crippen molar-refractivity contribution in [3.05, 3.63) is 60.1 Å². The number of amides is 1. The second-order valence-electron chi connectivity index (χ2n) is 10.8. The van der Waals surface area contributed by atoms with E-state index < -0.39 is 30.5 Å². The van der Waals surface area contributed by atoms with Crippen LogP contribution in [0.4, 0.5) is 10.5 Å². The van der Waals surface area contributed by atoms with Crippen LogP contribution in [0.2, 0.25) is 0 Å². The smallest absolute Gasteiger partial charge is 0.405 e. The van der Waals surface area contributed by atoms with Crippen molar-refractivity contribution in [2.24, 2.45) is 17.6 Å². The Morgan fingerprint density at radius 3 is 2.66 bits per heavy atom. The molecule has 1 aliphatic rings. The molecular formula is C31H44N3O7+. The number of allylic oxidation sites excluding steroid dienone is 3. The Morgan fingerprint density at radius 2 is 2.02 bits per heavy atom. The lowest BCUT2D eigenvalue weighted by molar-refractivity contribution is -0.562. The number of oxazole rings is 1. The minimum Gasteiger partial charge on any atom is -0.503 e. The van der Waals surface area contributed by atoms with Crippen LogP contribution in [0.25, 0.3) is 16.7 Å². The van der Waals surface area contributed by atoms with E-state index >= 15 is 0 Å². The number of aliphatic hydroxyl groups excluding tert-OH is 1. The number of ether oxygens (including phenoxy) is 3. The molecule has 0 spiro atoms. The maximum atomic E-state index is 11.8. The van der Waals surface area contributed by atoms with E-state index in [1.165, 1.54) is 7.11 Å². The van der Waals surface area contributed by atoms with Crippen molar-refractivity contribution in [1.82, 2.24) is 4.98 Å². The summed E-state index contributed by atoms with van der Waals surface area (Å²) in [7, 11) is 3.09. The second-order valence-corrected chi connectivity index (χ2v) is 10.8. The molecule has 2 bridgehead atoms. The van der Waals surface area contributed by atoms with Gasteiger partial charge in [-0.3, -0.25) is 0 Å². The first-order valence-corrected chi connectivity index (χ1v) is 13.8. The van der Waals surface area contributed by atoms with Gasteiger partial charge < -0.3 is 39.9 Å². The Bertz CT molecular complexity index is 1310. The summed E-state index contributed by atoms with van der Waals surface area (Å²) in [5.41, 5.74) is 9.50. The largest absolute Gasteiger partial charge is 0.503 e. The molecular weight excluding hydrogens is 526 g/mol. The number of hydrogen-bond acceptors (Lipinski definition) is 8. The SMILES string of the molecule is C=CC[NH2+]c1c(O)cc2nc3oc2c1C[C@@H](C)C[C@H](OC)[C@H](O)[C@@H](C)/C=C(\C)[C@H](OC(N)=O)[C@@H](OC)C=C/C=C/3C. The van der Waals surface area contributed by atoms with Gasteiger partial charge in [0.1, 0.15) is 11.6 Å². The Balaban J connectivity index is 2.19. The van der Waals surface area contributed by atoms with Gasteiger partial charge in [0.25, 0.3) is 0 Å². The molecule has 1 amide bonds. The maximum Gasteiger partial charge on any atom is 0.405 e. The first-order chi connectivity index (χ1) is 19.5. The van der Waals surface area contributed by atoms with Gasteiger partial charge in [-0.2, -0.15) is 0 Å². The fraction of sp³-hybridized carbons (Fsp3) is 0.484. The van der Waals surface area contributed by atoms with Crippen LogP contribution in [0.1, 0.15) is 45.6 Å². The zero-order chi connectivity index (χ0) is 30.3. The number of phenols is 1. The van der Waals surface area contributed by atoms with Crippen molar-refractivity contribution in [1.29, 1.82) is 0 Å². The van der Waals surface area contributed by atoms with E-state index in [2.05, 4.69) is 18.5 Å². The summed E-state index contributed by atoms with van der Waals surface area (Å²) in [5, 5.41) is 24.2. The highest BCUT2D eigenvalue weighted by atomic mass is 16.6. The number of phenolic OH excluding ortho intramolecular Hbond substituents is 1. The predicted octanol–water partition coefficient (Wildman–Crippen LogP) is 3.89. The number of methoxy groups -OCH3 is 2. The van der Waals surface area contributed by atoms with Gasteiger partial charge in [-0.1, -0.05) is 44.7 Å². The first kappa shape index (κ1) is 32.1. The van der Waals surface area contributed by atoms with Crippen molar-refractivity contribution < 1.29 is 39.0 Å². The van der Waals surface area contributed by atoms with Crippen LogP contribution in [0.3, 0.4) is 0 Å². The van der Waals surface area contributed by atoms with Crippen LogP contribution in [-0.2, 0) is 20.6 Å². The Labute approximate surface area is 241 Å². The molecule has 0 saturated carbocycles. The number of hydrogen-bond donors (Lipinski definition) is 4. The lowest BCUT2D eigenvalue weighted by Crippen LogP contribution is -2.78. The van der Waals surface area contributed by atoms with Crippen molar-refractivity contribution >= 4 is 28.5 Å². The number of nitrogens with two attached hydrogens (primary N) is 2. The van der Waals surface area contributed by atoms with Crippen molar-refractivity contribution in [2.45, 2.75) is 65.0 Å². The highest BCUT2D eigenvalue weighted by molar-refractivity contribution is 5.85. The van der Waals surface area contributed by atoms with E-state index in [4.69, 9.17) is 24.4 Å². The number of primary amides is 1. The zero-order valence-corrected chi connectivity index (χ0v) is 24.8. The molecule has 10 heteroatoms. The molecule has 1 aromatic carbocycles. The number of aromatic nitrogens is 1. The van der Waals surface area contributed by atoms with E-state index in [0.717, 1.165) is 11.1 Å². The van der Waals surface area contributed by atoms with Crippen LogP contribution in [-0.4, -0.2) is 66.5 Å². The summed E-state index contributed by atoms with van der Waals surface area (Å²) in [5.74, 6) is 0.238. The van der Waals surface area contributed by atoms with Crippen LogP contribution >= 0.6 is 0 Å². The zero-order valence-electron chi connectivity index (χ0n) is 24.8. The van der Waals surface area contributed by atoms with Gasteiger partial charge in [-0.05, 0) is 44.3 Å². The summed E-state index contributed by atoms with van der Waals surface area (Å²) in [6, 6.07) is 1.61. The molecule has 2 aromatic rings. The van der Waals surface area contributed by atoms with Crippen molar-refractivity contribution in [3.63, 3.8) is 0 Å². The average molecular weight is 571 g/mol. The normalized spacial score (nSPS) is 28.8. The summed E-state index contributed by atoms with van der Waals surface area (Å²) in [4.78, 5) is 16.4. The van der Waals surface area contributed by atoms with Crippen molar-refractivity contribution in [2.75, 3.05) is 20.8 Å². The minimum atomic E-state index is -0.931. The summed E-state index contributed by atoms with van der Waals surface area (Å²) in [6.07, 6.45) is 6.34. The molecule has 2 heterocycles. The van der Waals surface area contributed by atoms with E-state index in [-0.39, 0.29) is 17.6 Å². The highest BCUT2D eigenvalue weighted by Gasteiger charge is 2.30. The molecule has 0 radical (unpaired) electrons. The van der Waals surface area contributed by atoms with Gasteiger partial charge in [0.2, 0.25) is 5.89 Å². The number of aromatic hydroxyl groups is 1. The van der Waals surface area contributed by atoms with Gasteiger partial charge in [0.05, 0.1) is 24.3 Å². The Morgan fingerprint density at radius 1 is 1.29 bits per heavy atom. The Hall–Kier alpha value is -3.44. The molecule has 0 aliphatic carbocycles. The van der Waals surface area contributed by atoms with Gasteiger partial charge in [-0.25, -0.2) is 9.78 Å². The molecule has 1 aromatic heterocycles. The fourth-order valence-corrected chi connectivity index (χ4v) is 5.31. The average Bonchev–Trinajstić information content (AvgIpc) is 3.35. The van der Waals surface area contributed by atoms with Crippen LogP contribution in [0, 0.1) is 11.8 Å². The molecule has 0 fully saturated rings. The maximum absolute atomic E-state index is 11.8. The number of nitrogens with zero attached hydrogens (tertiary/aromatic N) is 1. The van der Waals surface area contributed by atoms with E-state index in [9.17, 15) is 15.0 Å². The third kappa shape index (κ3) is 7.85. The number of carbonyl (C=O) groups is 1. The van der Waals surface area contributed by atoms with Gasteiger partial charge in [0, 0.05) is 31.8 Å². The monoisotopic (exact) mass is 570 g/mol. The molecule has 0 unspecified atom stereocenters. The third-order valence-corrected chi connectivity index (χ3v) is 7.47. The molecule has 224 valence electrons. The molecule has 10 nitrogen and oxygen atoms in total. The molecule has 3 rings (SSSR count). The van der Waals surface area contributed by atoms with Crippen LogP contribution < -0.4 is 11.1 Å². The quantitative estimate of drug-likeness (QED) is 0.232. The number of carbonyl (C=O) groups excluding carboxylic acids is 1. The minimum absolute atomic E-state index is 0.0450. The number of benzene rings is 1. The topological polar surface area (TPSA) is 154 Å². The van der Waals surface area contributed by atoms with Crippen molar-refractivity contribution in [3.8, 4) is 5.75 Å². The third-order valence-electron chi connectivity index (χ3n) is 7.47. The Kier molecular flexibility index (Phi) is 11.3. The fourth-order valence-electron chi connectivity index (χ4n) is 5.31.